The Balaban J connectivity index is 1.77. The van der Waals surface area contributed by atoms with Gasteiger partial charge in [-0.15, -0.1) is 0 Å². The molecule has 6 nitrogen and oxygen atoms in total. The molecule has 0 aromatic heterocycles. The molecule has 1 heterocycles. The van der Waals surface area contributed by atoms with Crippen LogP contribution in [0.3, 0.4) is 0 Å². The normalized spacial score (nSPS) is 39.9. The third-order valence-electron chi connectivity index (χ3n) is 6.52. The Morgan fingerprint density at radius 1 is 1.41 bits per heavy atom. The molecule has 3 rings (SSSR count). The average molecular weight is 410 g/mol. The van der Waals surface area contributed by atoms with Gasteiger partial charge < -0.3 is 19.7 Å². The highest BCUT2D eigenvalue weighted by Crippen LogP contribution is 2.44. The van der Waals surface area contributed by atoms with Crippen LogP contribution in [-0.4, -0.2) is 46.6 Å². The molecule has 6 heteroatoms. The van der Waals surface area contributed by atoms with Crippen molar-refractivity contribution >= 4 is 11.9 Å². The van der Waals surface area contributed by atoms with E-state index in [1.165, 1.54) is 0 Å². The highest BCUT2D eigenvalue weighted by molar-refractivity contribution is 5.72. The van der Waals surface area contributed by atoms with Crippen LogP contribution >= 0.6 is 0 Å². The summed E-state index contributed by atoms with van der Waals surface area (Å²) >= 11 is 0. The Hall–Kier alpha value is -1.66. The summed E-state index contributed by atoms with van der Waals surface area (Å²) in [4.78, 5) is 24.4. The maximum Gasteiger partial charge on any atom is 0.308 e. The first-order valence-corrected chi connectivity index (χ1v) is 10.7. The highest BCUT2D eigenvalue weighted by Gasteiger charge is 2.43. The maximum absolute atomic E-state index is 12.7. The van der Waals surface area contributed by atoms with Crippen LogP contribution in [0.15, 0.2) is 23.8 Å². The van der Waals surface area contributed by atoms with Crippen molar-refractivity contribution in [3.05, 3.63) is 23.8 Å². The van der Waals surface area contributed by atoms with Crippen LogP contribution in [-0.2, 0) is 19.1 Å². The molecule has 0 aromatic carbocycles. The number of carbonyl (C=O) groups is 2. The van der Waals surface area contributed by atoms with Gasteiger partial charge in [0.25, 0.3) is 0 Å². The van der Waals surface area contributed by atoms with Gasteiger partial charge in [0.15, 0.2) is 0 Å². The molecule has 8 atom stereocenters. The van der Waals surface area contributed by atoms with E-state index in [1.807, 2.05) is 19.1 Å². The van der Waals surface area contributed by atoms with Crippen molar-refractivity contribution in [1.29, 1.82) is 0 Å². The van der Waals surface area contributed by atoms with E-state index in [0.29, 0.717) is 25.7 Å². The van der Waals surface area contributed by atoms with E-state index < -0.39 is 43.0 Å². The summed E-state index contributed by atoms with van der Waals surface area (Å²) in [7, 11) is 0. The molecule has 0 saturated carbocycles. The minimum Gasteiger partial charge on any atom is -0.462 e. The number of aliphatic hydroxyl groups excluding tert-OH is 2. The van der Waals surface area contributed by atoms with Gasteiger partial charge in [0, 0.05) is 22.9 Å². The van der Waals surface area contributed by atoms with Crippen LogP contribution in [0.2, 0.25) is 0 Å². The lowest BCUT2D eigenvalue weighted by Crippen LogP contribution is -2.44. The van der Waals surface area contributed by atoms with Gasteiger partial charge in [-0.05, 0) is 36.7 Å². The van der Waals surface area contributed by atoms with E-state index >= 15 is 0 Å². The number of fused-ring (bicyclic) bond motifs is 1. The zero-order chi connectivity index (χ0) is 23.6. The lowest BCUT2D eigenvalue weighted by molar-refractivity contribution is -0.162. The van der Waals surface area contributed by atoms with E-state index in [-0.39, 0.29) is 36.7 Å². The fourth-order valence-electron chi connectivity index (χ4n) is 4.81. The summed E-state index contributed by atoms with van der Waals surface area (Å²) in [6.07, 6.45) is 5.52. The van der Waals surface area contributed by atoms with E-state index in [1.54, 1.807) is 13.0 Å². The maximum atomic E-state index is 12.7. The molecule has 0 spiro atoms. The Bertz CT molecular complexity index is 761. The van der Waals surface area contributed by atoms with Gasteiger partial charge in [0.2, 0.25) is 0 Å². The molecular weight excluding hydrogens is 372 g/mol. The van der Waals surface area contributed by atoms with Gasteiger partial charge in [0.1, 0.15) is 12.2 Å². The summed E-state index contributed by atoms with van der Waals surface area (Å²) in [6, 6.07) is 0. The second-order valence-electron chi connectivity index (χ2n) is 8.56. The van der Waals surface area contributed by atoms with E-state index in [0.717, 1.165) is 5.57 Å². The number of carbonyl (C=O) groups excluding carboxylic acids is 2. The SMILES string of the molecule is [2H]C([2H])([2H])[C@H](CC)C(=O)O[C@H]1CC=CC2=C[C@@H](O)[C@H](C)[C@H](CC[C@@H]3C[C@@H](O)CC(=O)O3)[C@H]21. The van der Waals surface area contributed by atoms with Gasteiger partial charge >= 0.3 is 11.9 Å². The number of allylic oxidation sites excluding steroid dienone is 1. The first-order chi connectivity index (χ1) is 15.0. The average Bonchev–Trinajstić information content (AvgIpc) is 2.67. The molecule has 1 aliphatic heterocycles. The van der Waals surface area contributed by atoms with Gasteiger partial charge in [-0.3, -0.25) is 9.59 Å². The fraction of sp³-hybridized carbons (Fsp3) is 0.739. The van der Waals surface area contributed by atoms with Crippen molar-refractivity contribution < 1.29 is 33.4 Å². The van der Waals surface area contributed by atoms with Crippen LogP contribution in [0.5, 0.6) is 0 Å². The quantitative estimate of drug-likeness (QED) is 0.655. The second-order valence-corrected chi connectivity index (χ2v) is 8.56. The molecular formula is C23H34O6. The van der Waals surface area contributed by atoms with Gasteiger partial charge in [-0.1, -0.05) is 38.9 Å². The molecule has 1 saturated heterocycles. The first-order valence-electron chi connectivity index (χ1n) is 12.2. The van der Waals surface area contributed by atoms with Crippen molar-refractivity contribution in [2.45, 2.75) is 83.6 Å². The zero-order valence-electron chi connectivity index (χ0n) is 20.1. The minimum atomic E-state index is -2.42. The Kier molecular flexibility index (Phi) is 5.90. The van der Waals surface area contributed by atoms with Crippen LogP contribution in [0.1, 0.15) is 63.3 Å². The third-order valence-corrected chi connectivity index (χ3v) is 6.52. The van der Waals surface area contributed by atoms with E-state index in [4.69, 9.17) is 13.6 Å². The summed E-state index contributed by atoms with van der Waals surface area (Å²) in [5.41, 5.74) is 0.882. The van der Waals surface area contributed by atoms with Gasteiger partial charge in [-0.25, -0.2) is 0 Å². The van der Waals surface area contributed by atoms with E-state index in [9.17, 15) is 19.8 Å². The third kappa shape index (κ3) is 5.10. The molecule has 0 aromatic rings. The molecule has 0 amide bonds. The van der Waals surface area contributed by atoms with E-state index in [2.05, 4.69) is 0 Å². The molecule has 29 heavy (non-hydrogen) atoms. The molecule has 0 radical (unpaired) electrons. The Morgan fingerprint density at radius 3 is 2.90 bits per heavy atom. The largest absolute Gasteiger partial charge is 0.462 e. The molecule has 1 fully saturated rings. The first kappa shape index (κ1) is 18.1. The van der Waals surface area contributed by atoms with Crippen molar-refractivity contribution in [1.82, 2.24) is 0 Å². The molecule has 3 aliphatic rings. The summed E-state index contributed by atoms with van der Waals surface area (Å²) in [5, 5.41) is 20.5. The van der Waals surface area contributed by atoms with Crippen molar-refractivity contribution in [2.75, 3.05) is 0 Å². The molecule has 2 aliphatic carbocycles. The summed E-state index contributed by atoms with van der Waals surface area (Å²) in [5.74, 6) is -2.65. The zero-order valence-corrected chi connectivity index (χ0v) is 17.1. The number of hydrogen-bond donors (Lipinski definition) is 2. The molecule has 0 unspecified atom stereocenters. The summed E-state index contributed by atoms with van der Waals surface area (Å²) in [6.45, 7) is 1.18. The summed E-state index contributed by atoms with van der Waals surface area (Å²) < 4.78 is 34.1. The predicted octanol–water partition coefficient (Wildman–Crippen LogP) is 2.92. The number of cyclic esters (lactones) is 1. The molecule has 162 valence electrons. The fourth-order valence-corrected chi connectivity index (χ4v) is 4.81. The minimum absolute atomic E-state index is 0.00939. The Labute approximate surface area is 177 Å². The van der Waals surface area contributed by atoms with Crippen molar-refractivity contribution in [3.63, 3.8) is 0 Å². The predicted molar refractivity (Wildman–Crippen MR) is 108 cm³/mol. The standard InChI is InChI=1S/C23H34O6/c1-4-13(2)23(27)29-20-7-5-6-15-10-19(25)14(3)18(22(15)20)9-8-17-11-16(24)12-21(26)28-17/h5-6,10,13-14,16-20,22,24-25H,4,7-9,11-12H2,1-3H3/t13-,14-,16-,17-,18+,19-,20+,22+/m1/s1/i2D3. The lowest BCUT2D eigenvalue weighted by Gasteiger charge is -2.44. The monoisotopic (exact) mass is 409 g/mol. The lowest BCUT2D eigenvalue weighted by atomic mass is 9.65. The van der Waals surface area contributed by atoms with Gasteiger partial charge in [0.05, 0.1) is 24.5 Å². The highest BCUT2D eigenvalue weighted by atomic mass is 16.5. The van der Waals surface area contributed by atoms with Crippen LogP contribution < -0.4 is 0 Å². The smallest absolute Gasteiger partial charge is 0.308 e. The molecule has 0 bridgehead atoms. The molecule has 2 N–H and O–H groups in total. The number of aliphatic hydroxyl groups is 2. The number of rotatable bonds is 6. The van der Waals surface area contributed by atoms with Crippen molar-refractivity contribution in [3.8, 4) is 0 Å². The van der Waals surface area contributed by atoms with Gasteiger partial charge in [-0.2, -0.15) is 0 Å². The number of hydrogen-bond acceptors (Lipinski definition) is 6. The second kappa shape index (κ2) is 9.43. The van der Waals surface area contributed by atoms with Crippen LogP contribution in [0.25, 0.3) is 0 Å². The number of ether oxygens (including phenoxy) is 2. The van der Waals surface area contributed by atoms with Crippen molar-refractivity contribution in [2.24, 2.45) is 23.7 Å². The number of esters is 2. The Morgan fingerprint density at radius 2 is 2.21 bits per heavy atom. The topological polar surface area (TPSA) is 93.1 Å². The van der Waals surface area contributed by atoms with Crippen LogP contribution in [0, 0.1) is 23.7 Å². The van der Waals surface area contributed by atoms with Crippen LogP contribution in [0.4, 0.5) is 0 Å².